The zero-order valence-electron chi connectivity index (χ0n) is 17.9. The van der Waals surface area contributed by atoms with Gasteiger partial charge in [0, 0.05) is 52.2 Å². The highest BCUT2D eigenvalue weighted by Crippen LogP contribution is 2.17. The predicted octanol–water partition coefficient (Wildman–Crippen LogP) is 2.41. The van der Waals surface area contributed by atoms with Gasteiger partial charge in [-0.25, -0.2) is 4.79 Å². The van der Waals surface area contributed by atoms with Gasteiger partial charge in [-0.15, -0.1) is 0 Å². The largest absolute Gasteiger partial charge is 0.444 e. The van der Waals surface area contributed by atoms with Crippen LogP contribution in [-0.4, -0.2) is 83.6 Å². The van der Waals surface area contributed by atoms with Crippen molar-refractivity contribution in [2.24, 2.45) is 0 Å². The van der Waals surface area contributed by atoms with Gasteiger partial charge in [0.15, 0.2) is 0 Å². The van der Waals surface area contributed by atoms with Crippen molar-refractivity contribution in [3.05, 3.63) is 30.1 Å². The number of rotatable bonds is 6. The molecule has 2 rings (SSSR count). The maximum Gasteiger partial charge on any atom is 0.410 e. The van der Waals surface area contributed by atoms with E-state index in [0.29, 0.717) is 0 Å². The molecule has 1 fully saturated rings. The number of nitrogens with zero attached hydrogens (tertiary/aromatic N) is 4. The molecule has 28 heavy (non-hydrogen) atoms. The van der Waals surface area contributed by atoms with Gasteiger partial charge in [0.1, 0.15) is 12.1 Å². The first-order valence-electron chi connectivity index (χ1n) is 9.97. The highest BCUT2D eigenvalue weighted by Gasteiger charge is 2.27. The second kappa shape index (κ2) is 9.87. The molecule has 0 bridgehead atoms. The van der Waals surface area contributed by atoms with Crippen LogP contribution < -0.4 is 0 Å². The van der Waals surface area contributed by atoms with Gasteiger partial charge in [-0.2, -0.15) is 0 Å². The molecule has 0 unspecified atom stereocenters. The normalized spacial score (nSPS) is 15.9. The molecule has 7 heteroatoms. The Kier molecular flexibility index (Phi) is 7.80. The molecule has 1 aliphatic rings. The van der Waals surface area contributed by atoms with Gasteiger partial charge in [-0.1, -0.05) is 0 Å². The number of hydrogen-bond donors (Lipinski definition) is 0. The Hall–Kier alpha value is -2.15. The second-order valence-electron chi connectivity index (χ2n) is 8.52. The number of hydrogen-bond acceptors (Lipinski definition) is 5. The molecule has 2 amide bonds. The summed E-state index contributed by atoms with van der Waals surface area (Å²) in [4.78, 5) is 34.3. The number of likely N-dealkylation sites (N-methyl/N-ethyl adjacent to an activating group) is 2. The van der Waals surface area contributed by atoms with Crippen LogP contribution >= 0.6 is 0 Å². The van der Waals surface area contributed by atoms with Crippen molar-refractivity contribution < 1.29 is 14.3 Å². The van der Waals surface area contributed by atoms with E-state index in [2.05, 4.69) is 22.0 Å². The van der Waals surface area contributed by atoms with Crippen LogP contribution in [0.5, 0.6) is 0 Å². The van der Waals surface area contributed by atoms with Crippen LogP contribution in [0.2, 0.25) is 0 Å². The van der Waals surface area contributed by atoms with Crippen LogP contribution in [0.4, 0.5) is 4.79 Å². The number of pyridine rings is 1. The maximum atomic E-state index is 12.6. The summed E-state index contributed by atoms with van der Waals surface area (Å²) in [5.41, 5.74) is 0.734. The first-order valence-corrected chi connectivity index (χ1v) is 9.97. The van der Waals surface area contributed by atoms with Crippen LogP contribution in [0.3, 0.4) is 0 Å². The summed E-state index contributed by atoms with van der Waals surface area (Å²) in [5, 5.41) is 0. The zero-order valence-corrected chi connectivity index (χ0v) is 17.9. The first kappa shape index (κ1) is 22.1. The Morgan fingerprint density at radius 3 is 2.36 bits per heavy atom. The van der Waals surface area contributed by atoms with E-state index in [0.717, 1.165) is 38.9 Å². The van der Waals surface area contributed by atoms with Gasteiger partial charge in [0.05, 0.1) is 0 Å². The summed E-state index contributed by atoms with van der Waals surface area (Å²) in [7, 11) is 3.43. The summed E-state index contributed by atoms with van der Waals surface area (Å²) in [6, 6.07) is 4.33. The molecule has 0 atom stereocenters. The van der Waals surface area contributed by atoms with Gasteiger partial charge in [-0.3, -0.25) is 9.78 Å². The summed E-state index contributed by atoms with van der Waals surface area (Å²) in [6.45, 7) is 8.47. The lowest BCUT2D eigenvalue weighted by molar-refractivity contribution is -0.133. The van der Waals surface area contributed by atoms with Gasteiger partial charge >= 0.3 is 6.09 Å². The standard InChI is InChI=1S/C21H34N4O3/c1-21(2,3)28-20(27)23(4)16-19(26)24(5)18-9-14-25(15-10-18)13-8-17-6-11-22-12-7-17/h6-7,11-12,18H,8-10,13-16H2,1-5H3. The van der Waals surface area contributed by atoms with E-state index in [1.165, 1.54) is 10.5 Å². The second-order valence-corrected chi connectivity index (χ2v) is 8.52. The van der Waals surface area contributed by atoms with Crippen LogP contribution in [0.25, 0.3) is 0 Å². The molecule has 0 aromatic carbocycles. The average Bonchev–Trinajstić information content (AvgIpc) is 2.65. The number of ether oxygens (including phenoxy) is 1. The number of likely N-dealkylation sites (tertiary alicyclic amines) is 1. The summed E-state index contributed by atoms with van der Waals surface area (Å²) in [6.07, 6.45) is 6.11. The maximum absolute atomic E-state index is 12.6. The molecule has 7 nitrogen and oxygen atoms in total. The average molecular weight is 391 g/mol. The van der Waals surface area contributed by atoms with E-state index >= 15 is 0 Å². The first-order chi connectivity index (χ1) is 13.2. The number of carbonyl (C=O) groups is 2. The quantitative estimate of drug-likeness (QED) is 0.746. The van der Waals surface area contributed by atoms with Crippen molar-refractivity contribution in [1.29, 1.82) is 0 Å². The molecule has 0 N–H and O–H groups in total. The summed E-state index contributed by atoms with van der Waals surface area (Å²) >= 11 is 0. The Morgan fingerprint density at radius 1 is 1.18 bits per heavy atom. The van der Waals surface area contributed by atoms with Crippen LogP contribution in [-0.2, 0) is 16.0 Å². The fourth-order valence-corrected chi connectivity index (χ4v) is 3.29. The molecule has 0 radical (unpaired) electrons. The minimum absolute atomic E-state index is 0.0354. The molecular weight excluding hydrogens is 356 g/mol. The Labute approximate surface area is 168 Å². The summed E-state index contributed by atoms with van der Waals surface area (Å²) < 4.78 is 5.31. The number of amides is 2. The third-order valence-corrected chi connectivity index (χ3v) is 5.04. The van der Waals surface area contributed by atoms with Crippen molar-refractivity contribution in [1.82, 2.24) is 19.7 Å². The van der Waals surface area contributed by atoms with Crippen LogP contribution in [0.1, 0.15) is 39.2 Å². The molecule has 0 saturated carbocycles. The molecule has 2 heterocycles. The van der Waals surface area contributed by atoms with Gasteiger partial charge in [-0.05, 0) is 57.7 Å². The van der Waals surface area contributed by atoms with E-state index in [9.17, 15) is 9.59 Å². The topological polar surface area (TPSA) is 66.0 Å². The number of aromatic nitrogens is 1. The van der Waals surface area contributed by atoms with E-state index in [-0.39, 0.29) is 18.5 Å². The SMILES string of the molecule is CN(CC(=O)N(C)C1CCN(CCc2ccncc2)CC1)C(=O)OC(C)(C)C. The van der Waals surface area contributed by atoms with Gasteiger partial charge in [0.25, 0.3) is 0 Å². The zero-order chi connectivity index (χ0) is 20.7. The van der Waals surface area contributed by atoms with Crippen molar-refractivity contribution in [2.75, 3.05) is 40.3 Å². The van der Waals surface area contributed by atoms with Gasteiger partial charge < -0.3 is 19.4 Å². The van der Waals surface area contributed by atoms with E-state index < -0.39 is 11.7 Å². The molecule has 1 saturated heterocycles. The van der Waals surface area contributed by atoms with E-state index in [1.807, 2.05) is 40.2 Å². The Morgan fingerprint density at radius 2 is 1.79 bits per heavy atom. The fraction of sp³-hybridized carbons (Fsp3) is 0.667. The molecule has 156 valence electrons. The highest BCUT2D eigenvalue weighted by molar-refractivity contribution is 5.82. The smallest absolute Gasteiger partial charge is 0.410 e. The monoisotopic (exact) mass is 390 g/mol. The number of piperidine rings is 1. The van der Waals surface area contributed by atoms with E-state index in [4.69, 9.17) is 4.74 Å². The molecule has 0 aliphatic carbocycles. The molecule has 1 aromatic heterocycles. The summed E-state index contributed by atoms with van der Waals surface area (Å²) in [5.74, 6) is -0.0522. The third-order valence-electron chi connectivity index (χ3n) is 5.04. The Bertz CT molecular complexity index is 637. The molecule has 1 aliphatic heterocycles. The lowest BCUT2D eigenvalue weighted by atomic mass is 10.0. The third kappa shape index (κ3) is 7.11. The predicted molar refractivity (Wildman–Crippen MR) is 109 cm³/mol. The van der Waals surface area contributed by atoms with Crippen molar-refractivity contribution in [3.63, 3.8) is 0 Å². The minimum atomic E-state index is -0.566. The lowest BCUT2D eigenvalue weighted by Gasteiger charge is -2.37. The highest BCUT2D eigenvalue weighted by atomic mass is 16.6. The molecule has 1 aromatic rings. The van der Waals surface area contributed by atoms with Gasteiger partial charge in [0.2, 0.25) is 5.91 Å². The minimum Gasteiger partial charge on any atom is -0.444 e. The molecular formula is C21H34N4O3. The van der Waals surface area contributed by atoms with Crippen molar-refractivity contribution in [3.8, 4) is 0 Å². The van der Waals surface area contributed by atoms with Crippen LogP contribution in [0, 0.1) is 0 Å². The molecule has 0 spiro atoms. The Balaban J connectivity index is 1.73. The van der Waals surface area contributed by atoms with Crippen molar-refractivity contribution in [2.45, 2.75) is 51.7 Å². The van der Waals surface area contributed by atoms with Crippen LogP contribution in [0.15, 0.2) is 24.5 Å². The van der Waals surface area contributed by atoms with E-state index in [1.54, 1.807) is 11.9 Å². The fourth-order valence-electron chi connectivity index (χ4n) is 3.29. The lowest BCUT2D eigenvalue weighted by Crippen LogP contribution is -2.49. The number of carbonyl (C=O) groups excluding carboxylic acids is 2. The van der Waals surface area contributed by atoms with Crippen molar-refractivity contribution >= 4 is 12.0 Å².